The van der Waals surface area contributed by atoms with Crippen LogP contribution >= 0.6 is 23.2 Å². The van der Waals surface area contributed by atoms with Gasteiger partial charge in [-0.05, 0) is 35.7 Å². The van der Waals surface area contributed by atoms with Gasteiger partial charge < -0.3 is 4.98 Å². The molecular weight excluding hydrogens is 276 g/mol. The first kappa shape index (κ1) is 11.7. The van der Waals surface area contributed by atoms with Crippen molar-refractivity contribution in [2.75, 3.05) is 0 Å². The van der Waals surface area contributed by atoms with Gasteiger partial charge >= 0.3 is 0 Å². The van der Waals surface area contributed by atoms with E-state index in [4.69, 9.17) is 23.2 Å². The minimum atomic E-state index is -0.300. The number of aromatic amines is 1. The third kappa shape index (κ3) is 1.64. The standard InChI is InChI=1S/C12H8Cl2FN3/c1-2-5-3-6(15)4-7-8-10(13)17-12(14)18-11(8)16-9(5)7/h3-4H,2H2,1H3,(H,16,17,18). The molecule has 0 saturated carbocycles. The second kappa shape index (κ2) is 4.07. The molecule has 92 valence electrons. The van der Waals surface area contributed by atoms with Crippen LogP contribution in [0.5, 0.6) is 0 Å². The fourth-order valence-electron chi connectivity index (χ4n) is 2.14. The van der Waals surface area contributed by atoms with Crippen molar-refractivity contribution in [2.45, 2.75) is 13.3 Å². The predicted molar refractivity (Wildman–Crippen MR) is 70.8 cm³/mol. The van der Waals surface area contributed by atoms with E-state index in [-0.39, 0.29) is 16.3 Å². The van der Waals surface area contributed by atoms with Gasteiger partial charge in [-0.2, -0.15) is 4.98 Å². The van der Waals surface area contributed by atoms with E-state index in [0.717, 1.165) is 11.1 Å². The lowest BCUT2D eigenvalue weighted by Gasteiger charge is -2.00. The summed E-state index contributed by atoms with van der Waals surface area (Å²) >= 11 is 11.8. The molecule has 0 fully saturated rings. The lowest BCUT2D eigenvalue weighted by Crippen LogP contribution is -1.85. The largest absolute Gasteiger partial charge is 0.339 e. The minimum Gasteiger partial charge on any atom is -0.339 e. The molecule has 0 aliphatic rings. The van der Waals surface area contributed by atoms with Crippen molar-refractivity contribution in [3.05, 3.63) is 34.0 Å². The van der Waals surface area contributed by atoms with Crippen LogP contribution in [0, 0.1) is 5.82 Å². The number of rotatable bonds is 1. The van der Waals surface area contributed by atoms with Crippen molar-refractivity contribution in [2.24, 2.45) is 0 Å². The summed E-state index contributed by atoms with van der Waals surface area (Å²) in [5.74, 6) is -0.300. The maximum Gasteiger partial charge on any atom is 0.225 e. The van der Waals surface area contributed by atoms with Crippen molar-refractivity contribution >= 4 is 45.1 Å². The first-order valence-corrected chi connectivity index (χ1v) is 6.18. The molecule has 1 aromatic carbocycles. The van der Waals surface area contributed by atoms with Crippen molar-refractivity contribution in [3.8, 4) is 0 Å². The van der Waals surface area contributed by atoms with Crippen LogP contribution < -0.4 is 0 Å². The van der Waals surface area contributed by atoms with Crippen LogP contribution in [0.15, 0.2) is 12.1 Å². The summed E-state index contributed by atoms with van der Waals surface area (Å²) in [5.41, 5.74) is 2.22. The number of fused-ring (bicyclic) bond motifs is 3. The van der Waals surface area contributed by atoms with Gasteiger partial charge in [0, 0.05) is 5.39 Å². The van der Waals surface area contributed by atoms with Gasteiger partial charge in [0.15, 0.2) is 0 Å². The van der Waals surface area contributed by atoms with Gasteiger partial charge in [-0.15, -0.1) is 0 Å². The quantitative estimate of drug-likeness (QED) is 0.539. The molecule has 0 atom stereocenters. The molecule has 3 rings (SSSR count). The van der Waals surface area contributed by atoms with E-state index >= 15 is 0 Å². The number of hydrogen-bond acceptors (Lipinski definition) is 2. The molecule has 0 radical (unpaired) electrons. The molecule has 0 aliphatic carbocycles. The number of aryl methyl sites for hydroxylation is 1. The van der Waals surface area contributed by atoms with Gasteiger partial charge in [0.25, 0.3) is 0 Å². The van der Waals surface area contributed by atoms with Gasteiger partial charge in [-0.3, -0.25) is 0 Å². The molecular formula is C12H8Cl2FN3. The second-order valence-corrected chi connectivity index (χ2v) is 4.67. The number of halogens is 3. The molecule has 0 amide bonds. The smallest absolute Gasteiger partial charge is 0.225 e. The Kier molecular flexibility index (Phi) is 2.64. The Morgan fingerprint density at radius 2 is 2.06 bits per heavy atom. The highest BCUT2D eigenvalue weighted by molar-refractivity contribution is 6.37. The lowest BCUT2D eigenvalue weighted by molar-refractivity contribution is 0.628. The van der Waals surface area contributed by atoms with Crippen LogP contribution in [-0.2, 0) is 6.42 Å². The highest BCUT2D eigenvalue weighted by Crippen LogP contribution is 2.32. The Balaban J connectivity index is 2.55. The monoisotopic (exact) mass is 283 g/mol. The van der Waals surface area contributed by atoms with Crippen LogP contribution in [0.4, 0.5) is 4.39 Å². The Labute approximate surface area is 112 Å². The zero-order valence-corrected chi connectivity index (χ0v) is 10.9. The number of nitrogens with one attached hydrogen (secondary N) is 1. The van der Waals surface area contributed by atoms with E-state index in [1.807, 2.05) is 6.92 Å². The van der Waals surface area contributed by atoms with E-state index in [2.05, 4.69) is 15.0 Å². The van der Waals surface area contributed by atoms with E-state index in [0.29, 0.717) is 22.8 Å². The first-order chi connectivity index (χ1) is 8.60. The summed E-state index contributed by atoms with van der Waals surface area (Å²) < 4.78 is 13.6. The van der Waals surface area contributed by atoms with Crippen molar-refractivity contribution in [1.29, 1.82) is 0 Å². The molecule has 0 bridgehead atoms. The average Bonchev–Trinajstić information content (AvgIpc) is 2.65. The summed E-state index contributed by atoms with van der Waals surface area (Å²) in [5, 5.41) is 1.58. The van der Waals surface area contributed by atoms with Crippen molar-refractivity contribution in [1.82, 2.24) is 15.0 Å². The number of benzene rings is 1. The number of hydrogen-bond donors (Lipinski definition) is 1. The summed E-state index contributed by atoms with van der Waals surface area (Å²) in [6.07, 6.45) is 0.708. The zero-order chi connectivity index (χ0) is 12.9. The van der Waals surface area contributed by atoms with Crippen molar-refractivity contribution < 1.29 is 4.39 Å². The second-order valence-electron chi connectivity index (χ2n) is 3.97. The molecule has 2 aromatic heterocycles. The summed E-state index contributed by atoms with van der Waals surface area (Å²) in [6.45, 7) is 1.96. The highest BCUT2D eigenvalue weighted by atomic mass is 35.5. The summed E-state index contributed by atoms with van der Waals surface area (Å²) in [6, 6.07) is 2.93. The van der Waals surface area contributed by atoms with Crippen LogP contribution in [0.3, 0.4) is 0 Å². The summed E-state index contributed by atoms with van der Waals surface area (Å²) in [7, 11) is 0. The maximum atomic E-state index is 13.6. The molecule has 0 spiro atoms. The average molecular weight is 284 g/mol. The Hall–Kier alpha value is -1.39. The van der Waals surface area contributed by atoms with E-state index in [1.165, 1.54) is 12.1 Å². The van der Waals surface area contributed by atoms with Gasteiger partial charge in [-0.1, -0.05) is 18.5 Å². The Morgan fingerprint density at radius 3 is 2.78 bits per heavy atom. The van der Waals surface area contributed by atoms with E-state index in [9.17, 15) is 4.39 Å². The third-order valence-corrected chi connectivity index (χ3v) is 3.36. The Bertz CT molecular complexity index is 767. The fraction of sp³-hybridized carbons (Fsp3) is 0.167. The van der Waals surface area contributed by atoms with Gasteiger partial charge in [-0.25, -0.2) is 9.37 Å². The molecule has 3 aromatic rings. The van der Waals surface area contributed by atoms with Crippen LogP contribution in [0.25, 0.3) is 21.9 Å². The first-order valence-electron chi connectivity index (χ1n) is 5.43. The highest BCUT2D eigenvalue weighted by Gasteiger charge is 2.14. The number of aromatic nitrogens is 3. The molecule has 0 unspecified atom stereocenters. The van der Waals surface area contributed by atoms with Crippen LogP contribution in [0.1, 0.15) is 12.5 Å². The zero-order valence-electron chi connectivity index (χ0n) is 9.39. The molecule has 0 aliphatic heterocycles. The maximum absolute atomic E-state index is 13.6. The number of H-pyrrole nitrogens is 1. The minimum absolute atomic E-state index is 0.0672. The third-order valence-electron chi connectivity index (χ3n) is 2.92. The van der Waals surface area contributed by atoms with Crippen molar-refractivity contribution in [3.63, 3.8) is 0 Å². The molecule has 3 nitrogen and oxygen atoms in total. The summed E-state index contributed by atoms with van der Waals surface area (Å²) in [4.78, 5) is 11.1. The Morgan fingerprint density at radius 1 is 1.28 bits per heavy atom. The van der Waals surface area contributed by atoms with Gasteiger partial charge in [0.1, 0.15) is 16.6 Å². The van der Waals surface area contributed by atoms with Crippen LogP contribution in [-0.4, -0.2) is 15.0 Å². The molecule has 0 saturated heterocycles. The lowest BCUT2D eigenvalue weighted by atomic mass is 10.1. The van der Waals surface area contributed by atoms with E-state index < -0.39 is 0 Å². The normalized spacial score (nSPS) is 11.6. The van der Waals surface area contributed by atoms with Crippen LogP contribution in [0.2, 0.25) is 10.4 Å². The SMILES string of the molecule is CCc1cc(F)cc2c1[nH]c1nc(Cl)nc(Cl)c12. The number of nitrogens with zero attached hydrogens (tertiary/aromatic N) is 2. The van der Waals surface area contributed by atoms with E-state index in [1.54, 1.807) is 0 Å². The van der Waals surface area contributed by atoms with Gasteiger partial charge in [0.2, 0.25) is 5.28 Å². The molecule has 1 N–H and O–H groups in total. The predicted octanol–water partition coefficient (Wildman–Crippen LogP) is 4.12. The topological polar surface area (TPSA) is 41.6 Å². The molecule has 6 heteroatoms. The fourth-order valence-corrected chi connectivity index (χ4v) is 2.63. The van der Waals surface area contributed by atoms with Gasteiger partial charge in [0.05, 0.1) is 10.9 Å². The molecule has 2 heterocycles. The molecule has 18 heavy (non-hydrogen) atoms.